The molecule has 0 rings (SSSR count). The molecule has 0 heterocycles. The second kappa shape index (κ2) is 5.54. The summed E-state index contributed by atoms with van der Waals surface area (Å²) in [5.74, 6) is -0.971. The summed E-state index contributed by atoms with van der Waals surface area (Å²) in [4.78, 5) is 23.6. The van der Waals surface area contributed by atoms with Crippen LogP contribution in [0.4, 0.5) is 0 Å². The van der Waals surface area contributed by atoms with E-state index in [0.717, 1.165) is 0 Å². The monoisotopic (exact) mass is 291 g/mol. The third-order valence-corrected chi connectivity index (χ3v) is 3.43. The second-order valence-electron chi connectivity index (χ2n) is 6.68. The van der Waals surface area contributed by atoms with Crippen LogP contribution in [-0.4, -0.2) is 34.1 Å². The van der Waals surface area contributed by atoms with Gasteiger partial charge in [0.1, 0.15) is 5.54 Å². The normalized spacial score (nSPS) is 15.8. The van der Waals surface area contributed by atoms with Crippen molar-refractivity contribution < 1.29 is 18.4 Å². The summed E-state index contributed by atoms with van der Waals surface area (Å²) in [5.41, 5.74) is 4.53. The first-order chi connectivity index (χ1) is 7.73. The minimum atomic E-state index is -2.00. The van der Waals surface area contributed by atoms with E-state index in [4.69, 9.17) is 14.6 Å². The lowest BCUT2D eigenvalue weighted by Gasteiger charge is -2.28. The fourth-order valence-electron chi connectivity index (χ4n) is 1.14. The van der Waals surface area contributed by atoms with Crippen LogP contribution in [0.15, 0.2) is 0 Å². The maximum Gasteiger partial charge on any atom is 0.313 e. The molecule has 0 aliphatic rings. The molecule has 18 heavy (non-hydrogen) atoms. The van der Waals surface area contributed by atoms with Crippen LogP contribution in [0.2, 0.25) is 39.3 Å². The van der Waals surface area contributed by atoms with E-state index >= 15 is 0 Å². The fraction of sp³-hybridized carbons (Fsp3) is 0.818. The van der Waals surface area contributed by atoms with Crippen LogP contribution < -0.4 is 5.73 Å². The van der Waals surface area contributed by atoms with Gasteiger partial charge in [-0.2, -0.15) is 0 Å². The predicted octanol–water partition coefficient (Wildman–Crippen LogP) is 1.85. The van der Waals surface area contributed by atoms with Crippen LogP contribution >= 0.6 is 0 Å². The zero-order valence-electron chi connectivity index (χ0n) is 12.4. The number of hydrogen-bond acceptors (Lipinski definition) is 5. The average molecular weight is 291 g/mol. The summed E-state index contributed by atoms with van der Waals surface area (Å²) in [5, 5.41) is 0. The Morgan fingerprint density at radius 3 is 1.72 bits per heavy atom. The van der Waals surface area contributed by atoms with E-state index in [-0.39, 0.29) is 6.42 Å². The van der Waals surface area contributed by atoms with Crippen molar-refractivity contribution in [3.8, 4) is 0 Å². The lowest BCUT2D eigenvalue weighted by Crippen LogP contribution is -2.51. The Morgan fingerprint density at radius 2 is 1.39 bits per heavy atom. The lowest BCUT2D eigenvalue weighted by molar-refractivity contribution is -0.146. The summed E-state index contributed by atoms with van der Waals surface area (Å²) < 4.78 is 10.6. The highest BCUT2D eigenvalue weighted by Crippen LogP contribution is 2.15. The van der Waals surface area contributed by atoms with E-state index in [1.165, 1.54) is 6.92 Å². The van der Waals surface area contributed by atoms with Crippen molar-refractivity contribution in [2.75, 3.05) is 0 Å². The van der Waals surface area contributed by atoms with E-state index < -0.39 is 34.1 Å². The number of rotatable bonds is 5. The third kappa shape index (κ3) is 7.62. The first kappa shape index (κ1) is 17.3. The second-order valence-corrected chi connectivity index (χ2v) is 15.5. The van der Waals surface area contributed by atoms with Gasteiger partial charge in [-0.25, -0.2) is 0 Å². The predicted molar refractivity (Wildman–Crippen MR) is 76.1 cm³/mol. The Hall–Kier alpha value is -0.666. The van der Waals surface area contributed by atoms with Crippen molar-refractivity contribution in [2.24, 2.45) is 5.73 Å². The molecule has 7 heteroatoms. The Labute approximate surface area is 111 Å². The zero-order valence-corrected chi connectivity index (χ0v) is 14.4. The first-order valence-corrected chi connectivity index (χ1v) is 12.8. The quantitative estimate of drug-likeness (QED) is 0.782. The minimum absolute atomic E-state index is 0.152. The average Bonchev–Trinajstić information content (AvgIpc) is 1.94. The molecular weight excluding hydrogens is 266 g/mol. The largest absolute Gasteiger partial charge is 0.520 e. The van der Waals surface area contributed by atoms with Crippen LogP contribution in [0.1, 0.15) is 13.3 Å². The molecule has 106 valence electrons. The van der Waals surface area contributed by atoms with Crippen LogP contribution in [0.25, 0.3) is 0 Å². The molecule has 1 atom stereocenters. The third-order valence-electron chi connectivity index (χ3n) is 1.80. The Bertz CT molecular complexity index is 329. The minimum Gasteiger partial charge on any atom is -0.520 e. The first-order valence-electron chi connectivity index (χ1n) is 5.97. The van der Waals surface area contributed by atoms with Crippen LogP contribution in [0, 0.1) is 0 Å². The molecule has 0 fully saturated rings. The summed E-state index contributed by atoms with van der Waals surface area (Å²) in [6.07, 6.45) is -0.152. The zero-order chi connectivity index (χ0) is 14.8. The summed E-state index contributed by atoms with van der Waals surface area (Å²) in [6, 6.07) is 0. The molecule has 0 aromatic carbocycles. The lowest BCUT2D eigenvalue weighted by atomic mass is 10.0. The van der Waals surface area contributed by atoms with Crippen molar-refractivity contribution in [3.05, 3.63) is 0 Å². The van der Waals surface area contributed by atoms with Gasteiger partial charge in [-0.3, -0.25) is 9.59 Å². The number of carbonyl (C=O) groups excluding carboxylic acids is 2. The maximum absolute atomic E-state index is 11.9. The molecule has 0 saturated heterocycles. The van der Waals surface area contributed by atoms with Crippen molar-refractivity contribution in [2.45, 2.75) is 58.2 Å². The smallest absolute Gasteiger partial charge is 0.313 e. The maximum atomic E-state index is 11.9. The number of carbonyl (C=O) groups is 2. The van der Waals surface area contributed by atoms with Gasteiger partial charge in [0.25, 0.3) is 5.97 Å². The molecule has 5 nitrogen and oxygen atoms in total. The summed E-state index contributed by atoms with van der Waals surface area (Å²) in [7, 11) is -3.95. The van der Waals surface area contributed by atoms with Gasteiger partial charge >= 0.3 is 5.97 Å². The van der Waals surface area contributed by atoms with Gasteiger partial charge in [0.2, 0.25) is 16.6 Å². The molecule has 2 N–H and O–H groups in total. The van der Waals surface area contributed by atoms with Gasteiger partial charge in [0.15, 0.2) is 0 Å². The van der Waals surface area contributed by atoms with Crippen molar-refractivity contribution >= 4 is 28.6 Å². The van der Waals surface area contributed by atoms with Gasteiger partial charge in [0.05, 0.1) is 6.42 Å². The van der Waals surface area contributed by atoms with Gasteiger partial charge in [-0.1, -0.05) is 0 Å². The Morgan fingerprint density at radius 1 is 1.00 bits per heavy atom. The van der Waals surface area contributed by atoms with E-state index in [2.05, 4.69) is 0 Å². The Kier molecular flexibility index (Phi) is 5.33. The molecule has 0 aliphatic carbocycles. The van der Waals surface area contributed by atoms with Crippen LogP contribution in [-0.2, 0) is 18.4 Å². The van der Waals surface area contributed by atoms with E-state index in [9.17, 15) is 9.59 Å². The van der Waals surface area contributed by atoms with Crippen molar-refractivity contribution in [1.82, 2.24) is 0 Å². The van der Waals surface area contributed by atoms with Crippen LogP contribution in [0.5, 0.6) is 0 Å². The summed E-state index contributed by atoms with van der Waals surface area (Å²) >= 11 is 0. The van der Waals surface area contributed by atoms with E-state index in [0.29, 0.717) is 0 Å². The molecule has 0 amide bonds. The van der Waals surface area contributed by atoms with Gasteiger partial charge < -0.3 is 14.6 Å². The Balaban J connectivity index is 4.56. The molecule has 0 aromatic rings. The SMILES string of the molecule is CC(N)(CC(=O)O[Si](C)(C)C)C(=O)O[Si](C)(C)C. The molecule has 0 spiro atoms. The van der Waals surface area contributed by atoms with E-state index in [1.807, 2.05) is 39.3 Å². The van der Waals surface area contributed by atoms with Gasteiger partial charge in [-0.15, -0.1) is 0 Å². The molecular formula is C11H25NO4Si2. The van der Waals surface area contributed by atoms with E-state index in [1.54, 1.807) is 0 Å². The van der Waals surface area contributed by atoms with Crippen LogP contribution in [0.3, 0.4) is 0 Å². The molecule has 0 aromatic heterocycles. The highest BCUT2D eigenvalue weighted by molar-refractivity contribution is 6.71. The highest BCUT2D eigenvalue weighted by Gasteiger charge is 2.37. The molecule has 1 unspecified atom stereocenters. The van der Waals surface area contributed by atoms with Gasteiger partial charge in [0, 0.05) is 0 Å². The van der Waals surface area contributed by atoms with Gasteiger partial charge in [-0.05, 0) is 46.2 Å². The number of nitrogens with two attached hydrogens (primary N) is 1. The standard InChI is InChI=1S/C11H25NO4Si2/c1-11(12,10(14)16-18(5,6)7)8-9(13)15-17(2,3)4/h8,12H2,1-7H3. The molecule has 0 saturated carbocycles. The van der Waals surface area contributed by atoms with Crippen molar-refractivity contribution in [3.63, 3.8) is 0 Å². The highest BCUT2D eigenvalue weighted by atomic mass is 28.4. The summed E-state index contributed by atoms with van der Waals surface area (Å²) in [6.45, 7) is 12.9. The number of hydrogen-bond donors (Lipinski definition) is 1. The molecule has 0 aliphatic heterocycles. The van der Waals surface area contributed by atoms with Crippen molar-refractivity contribution in [1.29, 1.82) is 0 Å². The molecule has 0 radical (unpaired) electrons. The fourth-order valence-corrected chi connectivity index (χ4v) is 2.69. The molecule has 0 bridgehead atoms. The topological polar surface area (TPSA) is 78.6 Å².